The summed E-state index contributed by atoms with van der Waals surface area (Å²) in [6.07, 6.45) is 0. The first kappa shape index (κ1) is 15.2. The number of aryl methyl sites for hydroxylation is 1. The van der Waals surface area contributed by atoms with Gasteiger partial charge in [-0.1, -0.05) is 30.0 Å². The third kappa shape index (κ3) is 5.03. The zero-order valence-electron chi connectivity index (χ0n) is 12.6. The number of pyridine rings is 1. The Hall–Kier alpha value is -2.15. The van der Waals surface area contributed by atoms with Crippen LogP contribution in [0.5, 0.6) is 0 Å². The maximum atomic E-state index is 5.40. The van der Waals surface area contributed by atoms with Crippen molar-refractivity contribution in [1.29, 1.82) is 0 Å². The standard InChI is InChI=1S/C18H21N3/c1-15-6-3-10-18(20-15)14-21(2)13-17-8-4-7-16(12-17)9-5-11-19/h3-4,6-8,10,12H,11,13-14,19H2,1-2H3. The molecular weight excluding hydrogens is 258 g/mol. The van der Waals surface area contributed by atoms with E-state index >= 15 is 0 Å². The summed E-state index contributed by atoms with van der Waals surface area (Å²) in [5, 5.41) is 0. The second-order valence-electron chi connectivity index (χ2n) is 5.15. The predicted molar refractivity (Wildman–Crippen MR) is 86.5 cm³/mol. The summed E-state index contributed by atoms with van der Waals surface area (Å²) in [5.74, 6) is 5.95. The van der Waals surface area contributed by atoms with Crippen molar-refractivity contribution in [2.45, 2.75) is 20.0 Å². The Morgan fingerprint density at radius 3 is 2.71 bits per heavy atom. The molecule has 0 radical (unpaired) electrons. The Morgan fingerprint density at radius 1 is 1.14 bits per heavy atom. The van der Waals surface area contributed by atoms with E-state index in [0.717, 1.165) is 30.0 Å². The number of hydrogen-bond acceptors (Lipinski definition) is 3. The number of aromatic nitrogens is 1. The van der Waals surface area contributed by atoms with Gasteiger partial charge in [0.2, 0.25) is 0 Å². The van der Waals surface area contributed by atoms with Crippen LogP contribution in [0.2, 0.25) is 0 Å². The molecule has 0 atom stereocenters. The minimum absolute atomic E-state index is 0.392. The molecule has 1 aromatic carbocycles. The summed E-state index contributed by atoms with van der Waals surface area (Å²) in [4.78, 5) is 6.78. The molecular formula is C18H21N3. The van der Waals surface area contributed by atoms with Crippen LogP contribution in [0.3, 0.4) is 0 Å². The molecule has 1 aromatic heterocycles. The summed E-state index contributed by atoms with van der Waals surface area (Å²) in [7, 11) is 2.10. The third-order valence-corrected chi connectivity index (χ3v) is 3.09. The largest absolute Gasteiger partial charge is 0.320 e. The normalized spacial score (nSPS) is 10.3. The van der Waals surface area contributed by atoms with Gasteiger partial charge in [-0.15, -0.1) is 0 Å². The van der Waals surface area contributed by atoms with Gasteiger partial charge < -0.3 is 5.73 Å². The highest BCUT2D eigenvalue weighted by Gasteiger charge is 2.03. The van der Waals surface area contributed by atoms with E-state index in [4.69, 9.17) is 5.73 Å². The fourth-order valence-corrected chi connectivity index (χ4v) is 2.23. The van der Waals surface area contributed by atoms with Gasteiger partial charge in [-0.25, -0.2) is 0 Å². The Morgan fingerprint density at radius 2 is 1.95 bits per heavy atom. The summed E-state index contributed by atoms with van der Waals surface area (Å²) < 4.78 is 0. The molecule has 0 aliphatic carbocycles. The number of rotatable bonds is 4. The monoisotopic (exact) mass is 279 g/mol. The minimum atomic E-state index is 0.392. The average molecular weight is 279 g/mol. The number of nitrogens with zero attached hydrogens (tertiary/aromatic N) is 2. The Labute approximate surface area is 126 Å². The van der Waals surface area contributed by atoms with Crippen LogP contribution in [-0.4, -0.2) is 23.5 Å². The summed E-state index contributed by atoms with van der Waals surface area (Å²) in [6.45, 7) is 4.11. The lowest BCUT2D eigenvalue weighted by atomic mass is 10.1. The molecule has 1 heterocycles. The maximum Gasteiger partial charge on any atom is 0.0555 e. The molecule has 0 spiro atoms. The van der Waals surface area contributed by atoms with Gasteiger partial charge in [0.1, 0.15) is 0 Å². The Bertz CT molecular complexity index is 653. The van der Waals surface area contributed by atoms with Gasteiger partial charge >= 0.3 is 0 Å². The molecule has 3 heteroatoms. The van der Waals surface area contributed by atoms with Gasteiger partial charge in [0.05, 0.1) is 12.2 Å². The van der Waals surface area contributed by atoms with E-state index in [0.29, 0.717) is 6.54 Å². The van der Waals surface area contributed by atoms with Crippen molar-refractivity contribution in [3.05, 3.63) is 65.0 Å². The molecule has 0 amide bonds. The fourth-order valence-electron chi connectivity index (χ4n) is 2.23. The molecule has 3 nitrogen and oxygen atoms in total. The lowest BCUT2D eigenvalue weighted by Gasteiger charge is -2.16. The SMILES string of the molecule is Cc1cccc(CN(C)Cc2cccc(C#CCN)c2)n1. The molecule has 0 aliphatic heterocycles. The Balaban J connectivity index is 2.00. The van der Waals surface area contributed by atoms with Crippen LogP contribution in [0.15, 0.2) is 42.5 Å². The predicted octanol–water partition coefficient (Wildman–Crippen LogP) is 2.33. The lowest BCUT2D eigenvalue weighted by molar-refractivity contribution is 0.315. The zero-order valence-corrected chi connectivity index (χ0v) is 12.6. The molecule has 108 valence electrons. The molecule has 0 saturated heterocycles. The highest BCUT2D eigenvalue weighted by molar-refractivity contribution is 5.37. The van der Waals surface area contributed by atoms with Crippen molar-refractivity contribution in [3.8, 4) is 11.8 Å². The van der Waals surface area contributed by atoms with Crippen molar-refractivity contribution < 1.29 is 0 Å². The van der Waals surface area contributed by atoms with Crippen LogP contribution in [0.1, 0.15) is 22.5 Å². The minimum Gasteiger partial charge on any atom is -0.320 e. The molecule has 0 fully saturated rings. The van der Waals surface area contributed by atoms with Crippen LogP contribution < -0.4 is 5.73 Å². The molecule has 2 rings (SSSR count). The van der Waals surface area contributed by atoms with Gasteiger partial charge in [0.15, 0.2) is 0 Å². The number of nitrogens with two attached hydrogens (primary N) is 1. The first-order valence-electron chi connectivity index (χ1n) is 7.06. The van der Waals surface area contributed by atoms with Crippen molar-refractivity contribution in [2.24, 2.45) is 5.73 Å². The quantitative estimate of drug-likeness (QED) is 0.873. The summed E-state index contributed by atoms with van der Waals surface area (Å²) >= 11 is 0. The smallest absolute Gasteiger partial charge is 0.0555 e. The van der Waals surface area contributed by atoms with Gasteiger partial charge in [-0.3, -0.25) is 9.88 Å². The molecule has 0 bridgehead atoms. The van der Waals surface area contributed by atoms with E-state index in [1.807, 2.05) is 25.1 Å². The van der Waals surface area contributed by atoms with Crippen molar-refractivity contribution in [1.82, 2.24) is 9.88 Å². The first-order chi connectivity index (χ1) is 10.2. The van der Waals surface area contributed by atoms with E-state index in [9.17, 15) is 0 Å². The fraction of sp³-hybridized carbons (Fsp3) is 0.278. The summed E-state index contributed by atoms with van der Waals surface area (Å²) in [6, 6.07) is 14.4. The lowest BCUT2D eigenvalue weighted by Crippen LogP contribution is -2.18. The van der Waals surface area contributed by atoms with Crippen LogP contribution in [0.25, 0.3) is 0 Å². The molecule has 0 saturated carbocycles. The molecule has 0 aliphatic rings. The van der Waals surface area contributed by atoms with Gasteiger partial charge in [0, 0.05) is 24.3 Å². The van der Waals surface area contributed by atoms with E-state index in [-0.39, 0.29) is 0 Å². The van der Waals surface area contributed by atoms with Crippen LogP contribution in [0, 0.1) is 18.8 Å². The molecule has 0 unspecified atom stereocenters. The molecule has 2 aromatic rings. The van der Waals surface area contributed by atoms with Crippen molar-refractivity contribution in [2.75, 3.05) is 13.6 Å². The van der Waals surface area contributed by atoms with E-state index < -0.39 is 0 Å². The maximum absolute atomic E-state index is 5.40. The van der Waals surface area contributed by atoms with Crippen LogP contribution >= 0.6 is 0 Å². The number of benzene rings is 1. The zero-order chi connectivity index (χ0) is 15.1. The van der Waals surface area contributed by atoms with Gasteiger partial charge in [-0.05, 0) is 43.8 Å². The van der Waals surface area contributed by atoms with E-state index in [2.05, 4.69) is 53.0 Å². The molecule has 21 heavy (non-hydrogen) atoms. The second kappa shape index (κ2) is 7.58. The van der Waals surface area contributed by atoms with Crippen molar-refractivity contribution in [3.63, 3.8) is 0 Å². The van der Waals surface area contributed by atoms with Gasteiger partial charge in [0.25, 0.3) is 0 Å². The average Bonchev–Trinajstić information content (AvgIpc) is 2.45. The second-order valence-corrected chi connectivity index (χ2v) is 5.15. The highest BCUT2D eigenvalue weighted by Crippen LogP contribution is 2.09. The van der Waals surface area contributed by atoms with Crippen LogP contribution in [-0.2, 0) is 13.1 Å². The van der Waals surface area contributed by atoms with Gasteiger partial charge in [-0.2, -0.15) is 0 Å². The summed E-state index contributed by atoms with van der Waals surface area (Å²) in [5.41, 5.74) is 9.81. The first-order valence-corrected chi connectivity index (χ1v) is 7.06. The van der Waals surface area contributed by atoms with E-state index in [1.54, 1.807) is 0 Å². The van der Waals surface area contributed by atoms with E-state index in [1.165, 1.54) is 5.56 Å². The molecule has 2 N–H and O–H groups in total. The topological polar surface area (TPSA) is 42.1 Å². The highest BCUT2D eigenvalue weighted by atomic mass is 15.1. The van der Waals surface area contributed by atoms with Crippen molar-refractivity contribution >= 4 is 0 Å². The number of hydrogen-bond donors (Lipinski definition) is 1. The Kier molecular flexibility index (Phi) is 5.51. The third-order valence-electron chi connectivity index (χ3n) is 3.09. The van der Waals surface area contributed by atoms with Crippen LogP contribution in [0.4, 0.5) is 0 Å².